The minimum Gasteiger partial charge on any atom is -0.490 e. The molecule has 32 heavy (non-hydrogen) atoms. The number of carbonyl (C=O) groups is 2. The number of hydrogen-bond donors (Lipinski definition) is 2. The molecule has 0 radical (unpaired) electrons. The molecule has 0 unspecified atom stereocenters. The number of ether oxygens (including phenoxy) is 1. The summed E-state index contributed by atoms with van der Waals surface area (Å²) in [5.41, 5.74) is -0.369. The van der Waals surface area contributed by atoms with E-state index in [1.54, 1.807) is 24.3 Å². The topological polar surface area (TPSA) is 85.7 Å². The van der Waals surface area contributed by atoms with E-state index in [0.29, 0.717) is 47.8 Å². The van der Waals surface area contributed by atoms with E-state index in [9.17, 15) is 22.8 Å². The predicted molar refractivity (Wildman–Crippen MR) is 112 cm³/mol. The molecule has 0 atom stereocenters. The van der Waals surface area contributed by atoms with Crippen LogP contribution in [0, 0.1) is 5.41 Å². The lowest BCUT2D eigenvalue weighted by atomic mass is 10.0. The molecule has 11 heteroatoms. The number of rotatable bonds is 5. The highest BCUT2D eigenvalue weighted by Crippen LogP contribution is 2.24. The Morgan fingerprint density at radius 1 is 1.28 bits per heavy atom. The van der Waals surface area contributed by atoms with Gasteiger partial charge in [0.2, 0.25) is 0 Å². The molecular formula is C21H22ClF3N4O3. The molecule has 0 aliphatic carbocycles. The van der Waals surface area contributed by atoms with Crippen LogP contribution < -0.4 is 10.1 Å². The van der Waals surface area contributed by atoms with Crippen molar-refractivity contribution >= 4 is 29.6 Å². The van der Waals surface area contributed by atoms with Gasteiger partial charge in [0.05, 0.1) is 5.57 Å². The van der Waals surface area contributed by atoms with Crippen LogP contribution in [0.1, 0.15) is 19.8 Å². The van der Waals surface area contributed by atoms with E-state index in [1.165, 1.54) is 11.8 Å². The SMILES string of the molecule is CC1=CN(CC(F)(F)F)C(=O)/C(=C(/C=N)C(=O)N2CCC(Oc3ccc(Cl)cc3)CC2)N1. The van der Waals surface area contributed by atoms with Gasteiger partial charge in [-0.1, -0.05) is 11.6 Å². The predicted octanol–water partition coefficient (Wildman–Crippen LogP) is 3.47. The molecule has 172 valence electrons. The summed E-state index contributed by atoms with van der Waals surface area (Å²) in [6.45, 7) is 0.622. The zero-order chi connectivity index (χ0) is 23.5. The lowest BCUT2D eigenvalue weighted by Gasteiger charge is -2.33. The fraction of sp³-hybridized carbons (Fsp3) is 0.381. The Balaban J connectivity index is 1.69. The smallest absolute Gasteiger partial charge is 0.406 e. The Bertz CT molecular complexity index is 952. The zero-order valence-electron chi connectivity index (χ0n) is 17.2. The maximum Gasteiger partial charge on any atom is 0.406 e. The van der Waals surface area contributed by atoms with Gasteiger partial charge in [-0.3, -0.25) is 9.59 Å². The first-order chi connectivity index (χ1) is 15.1. The Morgan fingerprint density at radius 3 is 2.47 bits per heavy atom. The maximum absolute atomic E-state index is 13.0. The lowest BCUT2D eigenvalue weighted by Crippen LogP contribution is -2.46. The minimum atomic E-state index is -4.60. The number of hydrogen-bond acceptors (Lipinski definition) is 5. The van der Waals surface area contributed by atoms with E-state index >= 15 is 0 Å². The maximum atomic E-state index is 13.0. The summed E-state index contributed by atoms with van der Waals surface area (Å²) >= 11 is 5.86. The first kappa shape index (κ1) is 23.6. The van der Waals surface area contributed by atoms with Gasteiger partial charge in [0.25, 0.3) is 11.8 Å². The highest BCUT2D eigenvalue weighted by Gasteiger charge is 2.37. The molecular weight excluding hydrogens is 449 g/mol. The van der Waals surface area contributed by atoms with Crippen molar-refractivity contribution < 1.29 is 27.5 Å². The van der Waals surface area contributed by atoms with Crippen LogP contribution in [0.5, 0.6) is 5.75 Å². The van der Waals surface area contributed by atoms with Crippen molar-refractivity contribution in [2.24, 2.45) is 0 Å². The summed E-state index contributed by atoms with van der Waals surface area (Å²) in [6, 6.07) is 6.93. The number of nitrogens with one attached hydrogen (secondary N) is 2. The second kappa shape index (κ2) is 9.64. The third-order valence-electron chi connectivity index (χ3n) is 4.99. The number of likely N-dealkylation sites (tertiary alicyclic amines) is 1. The average molecular weight is 471 g/mol. The summed E-state index contributed by atoms with van der Waals surface area (Å²) in [5, 5.41) is 10.9. The number of allylic oxidation sites excluding steroid dienone is 1. The molecule has 0 aromatic heterocycles. The fourth-order valence-corrected chi connectivity index (χ4v) is 3.63. The van der Waals surface area contributed by atoms with Gasteiger partial charge in [-0.05, 0) is 31.2 Å². The van der Waals surface area contributed by atoms with E-state index in [-0.39, 0.29) is 23.1 Å². The number of piperidine rings is 1. The molecule has 2 heterocycles. The normalized spacial score (nSPS) is 19.3. The Kier molecular flexibility index (Phi) is 7.12. The van der Waals surface area contributed by atoms with Gasteiger partial charge in [-0.25, -0.2) is 0 Å². The quantitative estimate of drug-likeness (QED) is 0.509. The lowest BCUT2D eigenvalue weighted by molar-refractivity contribution is -0.154. The van der Waals surface area contributed by atoms with Crippen molar-refractivity contribution in [3.8, 4) is 5.75 Å². The number of benzene rings is 1. The minimum absolute atomic E-state index is 0.127. The molecule has 1 aromatic carbocycles. The van der Waals surface area contributed by atoms with Crippen molar-refractivity contribution in [2.75, 3.05) is 19.6 Å². The largest absolute Gasteiger partial charge is 0.490 e. The van der Waals surface area contributed by atoms with E-state index < -0.39 is 24.5 Å². The van der Waals surface area contributed by atoms with Crippen LogP contribution in [-0.4, -0.2) is 59.7 Å². The van der Waals surface area contributed by atoms with Crippen molar-refractivity contribution in [3.63, 3.8) is 0 Å². The highest BCUT2D eigenvalue weighted by molar-refractivity contribution is 6.30. The molecule has 1 saturated heterocycles. The van der Waals surface area contributed by atoms with Crippen LogP contribution >= 0.6 is 11.6 Å². The van der Waals surface area contributed by atoms with Gasteiger partial charge in [0, 0.05) is 49.1 Å². The summed E-state index contributed by atoms with van der Waals surface area (Å²) in [7, 11) is 0. The van der Waals surface area contributed by atoms with Crippen LogP contribution in [-0.2, 0) is 9.59 Å². The van der Waals surface area contributed by atoms with Crippen LogP contribution in [0.15, 0.2) is 47.4 Å². The molecule has 2 aliphatic heterocycles. The zero-order valence-corrected chi connectivity index (χ0v) is 18.0. The number of alkyl halides is 3. The first-order valence-electron chi connectivity index (χ1n) is 9.87. The Labute approximate surface area is 188 Å². The van der Waals surface area contributed by atoms with Crippen LogP contribution in [0.2, 0.25) is 5.02 Å². The van der Waals surface area contributed by atoms with E-state index in [0.717, 1.165) is 6.20 Å². The molecule has 0 saturated carbocycles. The van der Waals surface area contributed by atoms with Gasteiger partial charge in [0.1, 0.15) is 24.1 Å². The third kappa shape index (κ3) is 5.82. The Morgan fingerprint density at radius 2 is 1.91 bits per heavy atom. The van der Waals surface area contributed by atoms with E-state index in [4.69, 9.17) is 21.7 Å². The molecule has 7 nitrogen and oxygen atoms in total. The van der Waals surface area contributed by atoms with Gasteiger partial charge < -0.3 is 25.3 Å². The van der Waals surface area contributed by atoms with Gasteiger partial charge in [-0.15, -0.1) is 0 Å². The standard InChI is InChI=1S/C21H22ClF3N4O3/c1-13-11-29(12-21(23,24)25)20(31)18(27-13)17(10-26)19(30)28-8-6-16(7-9-28)32-15-4-2-14(22)3-5-15/h2-5,10-11,16,26-27H,6-9,12H2,1H3/b18-17+,26-10?. The molecule has 1 aromatic rings. The second-order valence-corrected chi connectivity index (χ2v) is 7.92. The molecule has 3 rings (SSSR count). The van der Waals surface area contributed by atoms with Crippen molar-refractivity contribution in [1.29, 1.82) is 5.41 Å². The molecule has 0 spiro atoms. The molecule has 0 bridgehead atoms. The fourth-order valence-electron chi connectivity index (χ4n) is 3.51. The summed E-state index contributed by atoms with van der Waals surface area (Å²) in [6.07, 6.45) is -1.95. The van der Waals surface area contributed by atoms with Crippen molar-refractivity contribution in [2.45, 2.75) is 32.0 Å². The third-order valence-corrected chi connectivity index (χ3v) is 5.24. The summed E-state index contributed by atoms with van der Waals surface area (Å²) in [5.74, 6) is -0.950. The number of nitrogens with zero attached hydrogens (tertiary/aromatic N) is 2. The molecule has 2 aliphatic rings. The van der Waals surface area contributed by atoms with Gasteiger partial charge in [-0.2, -0.15) is 13.2 Å². The number of halogens is 4. The molecule has 2 N–H and O–H groups in total. The highest BCUT2D eigenvalue weighted by atomic mass is 35.5. The Hall–Kier alpha value is -3.01. The second-order valence-electron chi connectivity index (χ2n) is 7.48. The van der Waals surface area contributed by atoms with Gasteiger partial charge >= 0.3 is 6.18 Å². The average Bonchev–Trinajstić information content (AvgIpc) is 2.73. The van der Waals surface area contributed by atoms with Crippen LogP contribution in [0.3, 0.4) is 0 Å². The molecule has 2 amide bonds. The van der Waals surface area contributed by atoms with Crippen LogP contribution in [0.4, 0.5) is 13.2 Å². The van der Waals surface area contributed by atoms with E-state index in [1.807, 2.05) is 0 Å². The van der Waals surface area contributed by atoms with Crippen LogP contribution in [0.25, 0.3) is 0 Å². The summed E-state index contributed by atoms with van der Waals surface area (Å²) in [4.78, 5) is 27.5. The van der Waals surface area contributed by atoms with Crippen molar-refractivity contribution in [1.82, 2.24) is 15.1 Å². The summed E-state index contributed by atoms with van der Waals surface area (Å²) < 4.78 is 44.3. The monoisotopic (exact) mass is 470 g/mol. The first-order valence-corrected chi connectivity index (χ1v) is 10.2. The van der Waals surface area contributed by atoms with E-state index in [2.05, 4.69) is 5.32 Å². The number of carbonyl (C=O) groups excluding carboxylic acids is 2. The van der Waals surface area contributed by atoms with Crippen molar-refractivity contribution in [3.05, 3.63) is 52.5 Å². The molecule has 1 fully saturated rings. The number of amides is 2. The van der Waals surface area contributed by atoms with Gasteiger partial charge in [0.15, 0.2) is 0 Å².